The molecule has 23 heavy (non-hydrogen) atoms. The van der Waals surface area contributed by atoms with Gasteiger partial charge in [0.25, 0.3) is 5.91 Å². The maximum Gasteiger partial charge on any atom is 0.338 e. The van der Waals surface area contributed by atoms with Crippen molar-refractivity contribution in [1.29, 1.82) is 0 Å². The van der Waals surface area contributed by atoms with Crippen LogP contribution in [-0.4, -0.2) is 18.0 Å². The van der Waals surface area contributed by atoms with E-state index in [4.69, 9.17) is 4.74 Å². The minimum absolute atomic E-state index is 0.363. The second-order valence-corrected chi connectivity index (χ2v) is 6.01. The number of rotatable bonds is 5. The summed E-state index contributed by atoms with van der Waals surface area (Å²) in [4.78, 5) is 24.1. The van der Waals surface area contributed by atoms with Gasteiger partial charge in [-0.1, -0.05) is 41.1 Å². The molecule has 0 saturated carbocycles. The zero-order valence-corrected chi connectivity index (χ0v) is 14.6. The lowest BCUT2D eigenvalue weighted by atomic mass is 10.1. The minimum atomic E-state index is -0.882. The van der Waals surface area contributed by atoms with Crippen LogP contribution in [0, 0.1) is 0 Å². The van der Waals surface area contributed by atoms with E-state index in [1.165, 1.54) is 5.56 Å². The number of halogens is 1. The third kappa shape index (κ3) is 4.93. The van der Waals surface area contributed by atoms with Crippen molar-refractivity contribution >= 4 is 33.5 Å². The van der Waals surface area contributed by atoms with Crippen LogP contribution in [0.25, 0.3) is 0 Å². The highest BCUT2D eigenvalue weighted by Gasteiger charge is 2.19. The first kappa shape index (κ1) is 17.2. The molecule has 2 rings (SSSR count). The van der Waals surface area contributed by atoms with Crippen LogP contribution in [0.15, 0.2) is 53.0 Å². The van der Waals surface area contributed by atoms with Crippen molar-refractivity contribution in [3.8, 4) is 0 Å². The molecule has 0 saturated heterocycles. The second-order valence-electron chi connectivity index (χ2n) is 5.10. The van der Waals surface area contributed by atoms with E-state index in [0.717, 1.165) is 10.9 Å². The van der Waals surface area contributed by atoms with Crippen LogP contribution in [0.4, 0.5) is 5.69 Å². The molecule has 1 amide bonds. The van der Waals surface area contributed by atoms with E-state index in [0.29, 0.717) is 11.3 Å². The molecule has 0 fully saturated rings. The minimum Gasteiger partial charge on any atom is -0.449 e. The number of esters is 1. The van der Waals surface area contributed by atoms with Gasteiger partial charge in [0.1, 0.15) is 0 Å². The first-order valence-corrected chi connectivity index (χ1v) is 8.15. The Balaban J connectivity index is 1.95. The summed E-state index contributed by atoms with van der Waals surface area (Å²) < 4.78 is 5.98. The summed E-state index contributed by atoms with van der Waals surface area (Å²) in [5.41, 5.74) is 2.26. The van der Waals surface area contributed by atoms with Crippen LogP contribution in [-0.2, 0) is 16.0 Å². The quantitative estimate of drug-likeness (QED) is 0.796. The van der Waals surface area contributed by atoms with Crippen LogP contribution in [0.1, 0.15) is 29.8 Å². The molecule has 120 valence electrons. The summed E-state index contributed by atoms with van der Waals surface area (Å²) in [6.07, 6.45) is 0.0573. The Morgan fingerprint density at radius 2 is 1.87 bits per heavy atom. The normalized spacial score (nSPS) is 11.6. The lowest BCUT2D eigenvalue weighted by Gasteiger charge is -2.14. The van der Waals surface area contributed by atoms with Gasteiger partial charge in [0.2, 0.25) is 0 Å². The number of ether oxygens (including phenoxy) is 1. The van der Waals surface area contributed by atoms with Gasteiger partial charge in [-0.15, -0.1) is 0 Å². The Kier molecular flexibility index (Phi) is 5.93. The fraction of sp³-hybridized carbons (Fsp3) is 0.222. The van der Waals surface area contributed by atoms with Gasteiger partial charge in [0.05, 0.1) is 5.56 Å². The Morgan fingerprint density at radius 1 is 1.17 bits per heavy atom. The molecular weight excluding hydrogens is 358 g/mol. The van der Waals surface area contributed by atoms with Crippen molar-refractivity contribution in [3.63, 3.8) is 0 Å². The fourth-order valence-corrected chi connectivity index (χ4v) is 2.36. The van der Waals surface area contributed by atoms with Crippen LogP contribution < -0.4 is 5.32 Å². The SMILES string of the molecule is CCc1ccc(NC(=O)[C@H](C)OC(=O)c2cccc(Br)c2)cc1. The van der Waals surface area contributed by atoms with Crippen LogP contribution in [0.3, 0.4) is 0 Å². The van der Waals surface area contributed by atoms with Crippen molar-refractivity contribution in [2.24, 2.45) is 0 Å². The lowest BCUT2D eigenvalue weighted by Crippen LogP contribution is -2.30. The van der Waals surface area contributed by atoms with Crippen LogP contribution >= 0.6 is 15.9 Å². The summed E-state index contributed by atoms with van der Waals surface area (Å²) in [7, 11) is 0. The number of carbonyl (C=O) groups is 2. The number of benzene rings is 2. The Hall–Kier alpha value is -2.14. The molecule has 0 unspecified atom stereocenters. The van der Waals surface area contributed by atoms with E-state index >= 15 is 0 Å². The number of carbonyl (C=O) groups excluding carboxylic acids is 2. The average Bonchev–Trinajstić information content (AvgIpc) is 2.55. The van der Waals surface area contributed by atoms with Gasteiger partial charge in [-0.05, 0) is 49.2 Å². The highest BCUT2D eigenvalue weighted by Crippen LogP contribution is 2.14. The molecule has 0 aliphatic carbocycles. The Morgan fingerprint density at radius 3 is 2.48 bits per heavy atom. The average molecular weight is 376 g/mol. The number of aryl methyl sites for hydroxylation is 1. The van der Waals surface area contributed by atoms with Crippen molar-refractivity contribution < 1.29 is 14.3 Å². The van der Waals surface area contributed by atoms with Gasteiger partial charge in [-0.3, -0.25) is 4.79 Å². The largest absolute Gasteiger partial charge is 0.449 e. The molecule has 0 spiro atoms. The molecule has 2 aromatic carbocycles. The zero-order chi connectivity index (χ0) is 16.8. The number of hydrogen-bond acceptors (Lipinski definition) is 3. The van der Waals surface area contributed by atoms with E-state index in [1.807, 2.05) is 30.3 Å². The third-order valence-electron chi connectivity index (χ3n) is 3.34. The summed E-state index contributed by atoms with van der Waals surface area (Å²) in [5.74, 6) is -0.895. The molecule has 0 aliphatic heterocycles. The zero-order valence-electron chi connectivity index (χ0n) is 13.0. The summed E-state index contributed by atoms with van der Waals surface area (Å²) in [6.45, 7) is 3.61. The van der Waals surface area contributed by atoms with Crippen molar-refractivity contribution in [2.45, 2.75) is 26.4 Å². The van der Waals surface area contributed by atoms with Crippen LogP contribution in [0.5, 0.6) is 0 Å². The van der Waals surface area contributed by atoms with Crippen molar-refractivity contribution in [1.82, 2.24) is 0 Å². The monoisotopic (exact) mass is 375 g/mol. The highest BCUT2D eigenvalue weighted by atomic mass is 79.9. The molecule has 0 aliphatic rings. The summed E-state index contributed by atoms with van der Waals surface area (Å²) >= 11 is 3.29. The Labute approximate surface area is 144 Å². The summed E-state index contributed by atoms with van der Waals surface area (Å²) in [5, 5.41) is 2.74. The van der Waals surface area contributed by atoms with Gasteiger partial charge in [0.15, 0.2) is 6.10 Å². The van der Waals surface area contributed by atoms with E-state index in [1.54, 1.807) is 25.1 Å². The van der Waals surface area contributed by atoms with E-state index in [2.05, 4.69) is 28.2 Å². The topological polar surface area (TPSA) is 55.4 Å². The maximum atomic E-state index is 12.1. The molecule has 0 bridgehead atoms. The van der Waals surface area contributed by atoms with E-state index < -0.39 is 12.1 Å². The number of anilines is 1. The molecule has 0 radical (unpaired) electrons. The molecule has 4 nitrogen and oxygen atoms in total. The van der Waals surface area contributed by atoms with Crippen LogP contribution in [0.2, 0.25) is 0 Å². The molecule has 1 N–H and O–H groups in total. The number of amides is 1. The fourth-order valence-electron chi connectivity index (χ4n) is 1.97. The smallest absolute Gasteiger partial charge is 0.338 e. The van der Waals surface area contributed by atoms with E-state index in [-0.39, 0.29) is 5.91 Å². The predicted octanol–water partition coefficient (Wildman–Crippen LogP) is 4.20. The molecule has 2 aromatic rings. The van der Waals surface area contributed by atoms with Gasteiger partial charge in [-0.2, -0.15) is 0 Å². The molecule has 0 heterocycles. The van der Waals surface area contributed by atoms with Gasteiger partial charge >= 0.3 is 5.97 Å². The second kappa shape index (κ2) is 7.92. The molecule has 0 aromatic heterocycles. The van der Waals surface area contributed by atoms with Crippen molar-refractivity contribution in [2.75, 3.05) is 5.32 Å². The highest BCUT2D eigenvalue weighted by molar-refractivity contribution is 9.10. The maximum absolute atomic E-state index is 12.1. The number of hydrogen-bond donors (Lipinski definition) is 1. The Bertz CT molecular complexity index is 698. The first-order valence-electron chi connectivity index (χ1n) is 7.36. The van der Waals surface area contributed by atoms with Crippen molar-refractivity contribution in [3.05, 3.63) is 64.1 Å². The third-order valence-corrected chi connectivity index (χ3v) is 3.84. The lowest BCUT2D eigenvalue weighted by molar-refractivity contribution is -0.123. The molecular formula is C18H18BrNO3. The van der Waals surface area contributed by atoms with E-state index in [9.17, 15) is 9.59 Å². The predicted molar refractivity (Wildman–Crippen MR) is 93.5 cm³/mol. The van der Waals surface area contributed by atoms with Gasteiger partial charge in [-0.25, -0.2) is 4.79 Å². The van der Waals surface area contributed by atoms with Gasteiger partial charge in [0, 0.05) is 10.2 Å². The number of nitrogens with one attached hydrogen (secondary N) is 1. The molecule has 5 heteroatoms. The van der Waals surface area contributed by atoms with Gasteiger partial charge < -0.3 is 10.1 Å². The summed E-state index contributed by atoms with van der Waals surface area (Å²) in [6, 6.07) is 14.4. The first-order chi connectivity index (χ1) is 11.0. The molecule has 1 atom stereocenters. The standard InChI is InChI=1S/C18H18BrNO3/c1-3-13-7-9-16(10-8-13)20-17(21)12(2)23-18(22)14-5-4-6-15(19)11-14/h4-12H,3H2,1-2H3,(H,20,21)/t12-/m0/s1.